The van der Waals surface area contributed by atoms with Crippen LogP contribution in [0.1, 0.15) is 41.5 Å². The van der Waals surface area contributed by atoms with Crippen molar-refractivity contribution in [2.24, 2.45) is 5.41 Å². The van der Waals surface area contributed by atoms with Crippen molar-refractivity contribution in [1.29, 1.82) is 0 Å². The lowest BCUT2D eigenvalue weighted by molar-refractivity contribution is 0.0885. The molecule has 2 heteroatoms. The summed E-state index contributed by atoms with van der Waals surface area (Å²) in [6.45, 7) is 17.9. The third-order valence-corrected chi connectivity index (χ3v) is 3.72. The summed E-state index contributed by atoms with van der Waals surface area (Å²) in [5.74, 6) is 1.18. The third-order valence-electron chi connectivity index (χ3n) is 2.71. The molecule has 0 aromatic heterocycles. The smallest absolute Gasteiger partial charge is 0.0642 e. The lowest BCUT2D eigenvalue weighted by atomic mass is 9.85. The summed E-state index contributed by atoms with van der Waals surface area (Å²) in [4.78, 5) is 2.48. The van der Waals surface area contributed by atoms with Crippen molar-refractivity contribution in [1.82, 2.24) is 4.90 Å². The van der Waals surface area contributed by atoms with Crippen LogP contribution in [-0.4, -0.2) is 22.2 Å². The summed E-state index contributed by atoms with van der Waals surface area (Å²) in [6, 6.07) is 0.611. The van der Waals surface area contributed by atoms with Crippen molar-refractivity contribution in [3.63, 3.8) is 0 Å². The molecule has 1 rings (SSSR count). The van der Waals surface area contributed by atoms with Crippen molar-refractivity contribution < 1.29 is 0 Å². The Morgan fingerprint density at radius 1 is 1.21 bits per heavy atom. The minimum absolute atomic E-state index is 0.193. The van der Waals surface area contributed by atoms with E-state index in [4.69, 9.17) is 0 Å². The summed E-state index contributed by atoms with van der Waals surface area (Å²) in [5.41, 5.74) is 0.526. The van der Waals surface area contributed by atoms with Crippen LogP contribution >= 0.6 is 11.8 Å². The average Bonchev–Trinajstić information content (AvgIpc) is 2.27. The van der Waals surface area contributed by atoms with Crippen LogP contribution in [0.15, 0.2) is 11.6 Å². The molecule has 0 aromatic carbocycles. The standard InChI is InChI=1S/C12H23NS/c1-9-13(12(5,6)7)10(8-14-9)11(2,3)4/h10H,1,8H2,2-7H3. The fourth-order valence-electron chi connectivity index (χ4n) is 1.97. The number of thioether (sulfide) groups is 1. The van der Waals surface area contributed by atoms with Crippen LogP contribution in [0.4, 0.5) is 0 Å². The minimum Gasteiger partial charge on any atom is -0.358 e. The Bertz CT molecular complexity index is 232. The number of hydrogen-bond acceptors (Lipinski definition) is 2. The Balaban J connectivity index is 2.94. The molecule has 0 saturated carbocycles. The molecule has 1 saturated heterocycles. The van der Waals surface area contributed by atoms with E-state index in [2.05, 4.69) is 53.0 Å². The van der Waals surface area contributed by atoms with E-state index in [0.717, 1.165) is 0 Å². The monoisotopic (exact) mass is 213 g/mol. The van der Waals surface area contributed by atoms with Crippen molar-refractivity contribution in [3.05, 3.63) is 11.6 Å². The maximum atomic E-state index is 4.15. The predicted octanol–water partition coefficient (Wildman–Crippen LogP) is 3.72. The lowest BCUT2D eigenvalue weighted by Crippen LogP contribution is -2.49. The second-order valence-corrected chi connectivity index (χ2v) is 7.22. The molecule has 1 aliphatic rings. The number of rotatable bonds is 0. The Hall–Kier alpha value is -0.110. The lowest BCUT2D eigenvalue weighted by Gasteiger charge is -2.44. The second-order valence-electron chi connectivity index (χ2n) is 6.13. The van der Waals surface area contributed by atoms with Crippen molar-refractivity contribution in [2.75, 3.05) is 5.75 Å². The minimum atomic E-state index is 0.193. The van der Waals surface area contributed by atoms with Gasteiger partial charge in [0, 0.05) is 17.3 Å². The molecule has 0 aliphatic carbocycles. The molecule has 82 valence electrons. The topological polar surface area (TPSA) is 3.24 Å². The highest BCUT2D eigenvalue weighted by Crippen LogP contribution is 2.43. The molecule has 1 fully saturated rings. The van der Waals surface area contributed by atoms with Gasteiger partial charge in [-0.3, -0.25) is 0 Å². The normalized spacial score (nSPS) is 24.6. The molecule has 0 radical (unpaired) electrons. The van der Waals surface area contributed by atoms with Crippen LogP contribution in [0.5, 0.6) is 0 Å². The second kappa shape index (κ2) is 3.48. The predicted molar refractivity (Wildman–Crippen MR) is 66.4 cm³/mol. The molecule has 0 aromatic rings. The van der Waals surface area contributed by atoms with Crippen LogP contribution in [-0.2, 0) is 0 Å². The van der Waals surface area contributed by atoms with E-state index in [1.54, 1.807) is 0 Å². The van der Waals surface area contributed by atoms with Gasteiger partial charge in [0.15, 0.2) is 0 Å². The van der Waals surface area contributed by atoms with Crippen molar-refractivity contribution >= 4 is 11.8 Å². The zero-order valence-corrected chi connectivity index (χ0v) is 11.2. The van der Waals surface area contributed by atoms with E-state index in [1.165, 1.54) is 10.8 Å². The zero-order valence-electron chi connectivity index (χ0n) is 10.3. The van der Waals surface area contributed by atoms with E-state index in [0.29, 0.717) is 11.5 Å². The largest absolute Gasteiger partial charge is 0.358 e. The van der Waals surface area contributed by atoms with Crippen LogP contribution in [0, 0.1) is 5.41 Å². The average molecular weight is 213 g/mol. The first-order chi connectivity index (χ1) is 6.14. The number of hydrogen-bond donors (Lipinski definition) is 0. The Kier molecular flexibility index (Phi) is 2.97. The summed E-state index contributed by atoms with van der Waals surface area (Å²) in [5, 5.41) is 1.23. The van der Waals surface area contributed by atoms with E-state index < -0.39 is 0 Å². The van der Waals surface area contributed by atoms with Gasteiger partial charge in [0.05, 0.1) is 5.03 Å². The van der Waals surface area contributed by atoms with E-state index in [1.807, 2.05) is 11.8 Å². The van der Waals surface area contributed by atoms with Gasteiger partial charge in [0.2, 0.25) is 0 Å². The Morgan fingerprint density at radius 2 is 1.71 bits per heavy atom. The highest BCUT2D eigenvalue weighted by atomic mass is 32.2. The molecule has 1 unspecified atom stereocenters. The van der Waals surface area contributed by atoms with Gasteiger partial charge in [-0.05, 0) is 26.2 Å². The first-order valence-electron chi connectivity index (χ1n) is 5.25. The van der Waals surface area contributed by atoms with Crippen molar-refractivity contribution in [3.8, 4) is 0 Å². The fourth-order valence-corrected chi connectivity index (χ4v) is 3.51. The maximum Gasteiger partial charge on any atom is 0.0642 e. The highest BCUT2D eigenvalue weighted by Gasteiger charge is 2.41. The summed E-state index contributed by atoms with van der Waals surface area (Å²) >= 11 is 1.90. The first-order valence-corrected chi connectivity index (χ1v) is 6.23. The molecule has 0 spiro atoms. The molecule has 1 nitrogen and oxygen atoms in total. The first kappa shape index (κ1) is 12.0. The quantitative estimate of drug-likeness (QED) is 0.603. The van der Waals surface area contributed by atoms with Gasteiger partial charge in [-0.25, -0.2) is 0 Å². The molecule has 0 bridgehead atoms. The van der Waals surface area contributed by atoms with E-state index in [9.17, 15) is 0 Å². The maximum absolute atomic E-state index is 4.15. The molecule has 0 amide bonds. The third kappa shape index (κ3) is 2.28. The summed E-state index contributed by atoms with van der Waals surface area (Å²) in [6.07, 6.45) is 0. The molecular weight excluding hydrogens is 190 g/mol. The molecule has 0 N–H and O–H groups in total. The van der Waals surface area contributed by atoms with Gasteiger partial charge in [-0.2, -0.15) is 0 Å². The number of nitrogens with zero attached hydrogens (tertiary/aromatic N) is 1. The van der Waals surface area contributed by atoms with Gasteiger partial charge in [-0.1, -0.05) is 27.4 Å². The molecule has 1 atom stereocenters. The van der Waals surface area contributed by atoms with Gasteiger partial charge in [0.25, 0.3) is 0 Å². The SMILES string of the molecule is C=C1SCC(C(C)(C)C)N1C(C)(C)C. The van der Waals surface area contributed by atoms with Crippen LogP contribution in [0.2, 0.25) is 0 Å². The molecular formula is C12H23NS. The summed E-state index contributed by atoms with van der Waals surface area (Å²) in [7, 11) is 0. The highest BCUT2D eigenvalue weighted by molar-refractivity contribution is 8.03. The van der Waals surface area contributed by atoms with Gasteiger partial charge in [-0.15, -0.1) is 11.8 Å². The van der Waals surface area contributed by atoms with Gasteiger partial charge in [0.1, 0.15) is 0 Å². The molecule has 14 heavy (non-hydrogen) atoms. The summed E-state index contributed by atoms with van der Waals surface area (Å²) < 4.78 is 0. The van der Waals surface area contributed by atoms with Crippen LogP contribution in [0.3, 0.4) is 0 Å². The van der Waals surface area contributed by atoms with E-state index in [-0.39, 0.29) is 5.54 Å². The Morgan fingerprint density at radius 3 is 2.00 bits per heavy atom. The Labute approximate surface area is 92.9 Å². The zero-order chi connectivity index (χ0) is 11.1. The molecule has 1 aliphatic heterocycles. The van der Waals surface area contributed by atoms with Gasteiger partial charge < -0.3 is 4.90 Å². The molecule has 1 heterocycles. The van der Waals surface area contributed by atoms with Crippen LogP contribution in [0.25, 0.3) is 0 Å². The van der Waals surface area contributed by atoms with Crippen molar-refractivity contribution in [2.45, 2.75) is 53.1 Å². The van der Waals surface area contributed by atoms with E-state index >= 15 is 0 Å². The van der Waals surface area contributed by atoms with Gasteiger partial charge >= 0.3 is 0 Å². The fraction of sp³-hybridized carbons (Fsp3) is 0.833. The van der Waals surface area contributed by atoms with Crippen LogP contribution < -0.4 is 0 Å².